The van der Waals surface area contributed by atoms with Gasteiger partial charge in [0.05, 0.1) is 13.0 Å². The average Bonchev–Trinajstić information content (AvgIpc) is 2.82. The van der Waals surface area contributed by atoms with E-state index >= 15 is 0 Å². The molecular formula is C30H47NO10. The lowest BCUT2D eigenvalue weighted by Crippen LogP contribution is -2.40. The Hall–Kier alpha value is -3.34. The van der Waals surface area contributed by atoms with E-state index in [4.69, 9.17) is 29.4 Å². The van der Waals surface area contributed by atoms with Crippen molar-refractivity contribution >= 4 is 24.2 Å². The second-order valence-electron chi connectivity index (χ2n) is 12.3. The van der Waals surface area contributed by atoms with Crippen LogP contribution < -0.4 is 15.2 Å². The molecule has 0 bridgehead atoms. The summed E-state index contributed by atoms with van der Waals surface area (Å²) in [6.45, 7) is 18.2. The largest absolute Gasteiger partial charge is 0.514 e. The number of carbonyl (C=O) groups excluding carboxylic acids is 3. The summed E-state index contributed by atoms with van der Waals surface area (Å²) in [5.41, 5.74) is 6.15. The van der Waals surface area contributed by atoms with Crippen molar-refractivity contribution < 1.29 is 48.0 Å². The van der Waals surface area contributed by atoms with Crippen molar-refractivity contribution in [2.24, 2.45) is 28.9 Å². The minimum Gasteiger partial charge on any atom is -0.480 e. The predicted octanol–water partition coefficient (Wildman–Crippen LogP) is 5.92. The van der Waals surface area contributed by atoms with Gasteiger partial charge in [-0.2, -0.15) is 0 Å². The maximum atomic E-state index is 12.6. The monoisotopic (exact) mass is 581 g/mol. The first kappa shape index (κ1) is 35.7. The normalized spacial score (nSPS) is 15.3. The van der Waals surface area contributed by atoms with Gasteiger partial charge in [0.25, 0.3) is 0 Å². The molecule has 0 aliphatic heterocycles. The first-order chi connectivity index (χ1) is 18.8. The lowest BCUT2D eigenvalue weighted by atomic mass is 9.82. The molecule has 0 fully saturated rings. The highest BCUT2D eigenvalue weighted by Crippen LogP contribution is 2.36. The molecule has 41 heavy (non-hydrogen) atoms. The highest BCUT2D eigenvalue weighted by molar-refractivity contribution is 5.75. The summed E-state index contributed by atoms with van der Waals surface area (Å²) < 4.78 is 26.7. The van der Waals surface area contributed by atoms with E-state index in [-0.39, 0.29) is 41.8 Å². The van der Waals surface area contributed by atoms with Gasteiger partial charge in [-0.25, -0.2) is 9.59 Å². The molecule has 0 heterocycles. The molecule has 0 aliphatic carbocycles. The molecule has 0 saturated carbocycles. The van der Waals surface area contributed by atoms with Crippen molar-refractivity contribution in [2.45, 2.75) is 99.8 Å². The van der Waals surface area contributed by atoms with Crippen LogP contribution in [0, 0.1) is 23.2 Å². The van der Waals surface area contributed by atoms with Crippen molar-refractivity contribution in [2.75, 3.05) is 6.61 Å². The zero-order valence-electron chi connectivity index (χ0n) is 25.9. The Bertz CT molecular complexity index is 1050. The van der Waals surface area contributed by atoms with E-state index < -0.39 is 54.3 Å². The first-order valence-electron chi connectivity index (χ1n) is 13.9. The van der Waals surface area contributed by atoms with E-state index in [0.29, 0.717) is 5.56 Å². The summed E-state index contributed by atoms with van der Waals surface area (Å²) in [6.07, 6.45) is -2.78. The molecule has 11 heteroatoms. The van der Waals surface area contributed by atoms with Gasteiger partial charge in [-0.3, -0.25) is 9.59 Å². The second-order valence-corrected chi connectivity index (χ2v) is 12.3. The number of carboxylic acids is 1. The van der Waals surface area contributed by atoms with Crippen LogP contribution in [0.2, 0.25) is 0 Å². The number of hydrogen-bond donors (Lipinski definition) is 2. The van der Waals surface area contributed by atoms with E-state index in [2.05, 4.69) is 0 Å². The van der Waals surface area contributed by atoms with E-state index in [9.17, 15) is 24.3 Å². The van der Waals surface area contributed by atoms with E-state index in [0.717, 1.165) is 0 Å². The van der Waals surface area contributed by atoms with Crippen LogP contribution in [0.4, 0.5) is 9.59 Å². The van der Waals surface area contributed by atoms with Crippen molar-refractivity contribution in [1.82, 2.24) is 0 Å². The summed E-state index contributed by atoms with van der Waals surface area (Å²) in [5.74, 6) is -3.41. The molecule has 0 radical (unpaired) electrons. The maximum Gasteiger partial charge on any atom is 0.514 e. The van der Waals surface area contributed by atoms with Gasteiger partial charge in [-0.1, -0.05) is 61.5 Å². The number of carbonyl (C=O) groups is 4. The zero-order valence-corrected chi connectivity index (χ0v) is 25.9. The van der Waals surface area contributed by atoms with Gasteiger partial charge >= 0.3 is 24.2 Å². The minimum absolute atomic E-state index is 0.0110. The minimum atomic E-state index is -1.39. The third kappa shape index (κ3) is 12.4. The molecule has 11 nitrogen and oxygen atoms in total. The predicted molar refractivity (Wildman–Crippen MR) is 152 cm³/mol. The quantitative estimate of drug-likeness (QED) is 0.162. The molecule has 1 aromatic carbocycles. The van der Waals surface area contributed by atoms with Gasteiger partial charge in [-0.05, 0) is 54.7 Å². The third-order valence-electron chi connectivity index (χ3n) is 6.65. The third-order valence-corrected chi connectivity index (χ3v) is 6.65. The average molecular weight is 582 g/mol. The number of hydrogen-bond acceptors (Lipinski definition) is 10. The van der Waals surface area contributed by atoms with Gasteiger partial charge in [0.2, 0.25) is 0 Å². The number of benzene rings is 1. The van der Waals surface area contributed by atoms with Crippen LogP contribution in [0.1, 0.15) is 87.1 Å². The molecule has 0 saturated heterocycles. The summed E-state index contributed by atoms with van der Waals surface area (Å²) >= 11 is 0. The van der Waals surface area contributed by atoms with Crippen LogP contribution in [-0.4, -0.2) is 54.2 Å². The molecule has 1 rings (SSSR count). The van der Waals surface area contributed by atoms with Crippen molar-refractivity contribution in [3.63, 3.8) is 0 Å². The molecule has 0 aromatic heterocycles. The van der Waals surface area contributed by atoms with Gasteiger partial charge in [0.15, 0.2) is 11.5 Å². The zero-order chi connectivity index (χ0) is 31.7. The highest BCUT2D eigenvalue weighted by Gasteiger charge is 2.33. The number of nitrogens with two attached hydrogens (primary N) is 1. The molecular weight excluding hydrogens is 534 g/mol. The summed E-state index contributed by atoms with van der Waals surface area (Å²) in [5, 5.41) is 9.74. The molecule has 232 valence electrons. The summed E-state index contributed by atoms with van der Waals surface area (Å²) in [6, 6.07) is 2.82. The Labute approximate surface area is 243 Å². The van der Waals surface area contributed by atoms with Crippen LogP contribution in [-0.2, 0) is 23.8 Å². The molecule has 5 atom stereocenters. The van der Waals surface area contributed by atoms with Crippen LogP contribution in [0.5, 0.6) is 11.5 Å². The molecule has 0 spiro atoms. The van der Waals surface area contributed by atoms with Crippen LogP contribution >= 0.6 is 0 Å². The Kier molecular flexibility index (Phi) is 13.6. The summed E-state index contributed by atoms with van der Waals surface area (Å²) in [4.78, 5) is 49.3. The molecule has 1 aromatic rings. The van der Waals surface area contributed by atoms with Gasteiger partial charge in [0.1, 0.15) is 18.2 Å². The van der Waals surface area contributed by atoms with Crippen molar-refractivity contribution in [3.05, 3.63) is 23.8 Å². The SMILES string of the molecule is CC(C)C(C)OC(=O)Oc1ccc(C(C(C)COC(=O)CC(C)(C)C)[C@H](N)C(=O)O)cc1OC(=O)OC(C)C(C)C. The highest BCUT2D eigenvalue weighted by atomic mass is 16.7. The number of esters is 1. The molecule has 0 aliphatic rings. The fourth-order valence-electron chi connectivity index (χ4n) is 3.55. The van der Waals surface area contributed by atoms with Gasteiger partial charge in [0, 0.05) is 5.92 Å². The van der Waals surface area contributed by atoms with Crippen molar-refractivity contribution in [1.29, 1.82) is 0 Å². The standard InChI is InChI=1S/C30H47NO10/c1-16(2)19(6)38-28(35)40-22-12-11-21(13-23(22)41-29(36)39-20(7)17(3)4)25(26(31)27(33)34)18(5)15-37-24(32)14-30(8,9)10/h11-13,16-20,25-26H,14-15,31H2,1-10H3,(H,33,34)/t18?,19?,20?,25?,26-/m0/s1. The lowest BCUT2D eigenvalue weighted by Gasteiger charge is -2.28. The van der Waals surface area contributed by atoms with Crippen LogP contribution in [0.25, 0.3) is 0 Å². The molecule has 0 amide bonds. The number of carboxylic acid groups (broad SMARTS) is 1. The van der Waals surface area contributed by atoms with Crippen LogP contribution in [0.15, 0.2) is 18.2 Å². The van der Waals surface area contributed by atoms with Gasteiger partial charge in [-0.15, -0.1) is 0 Å². The topological polar surface area (TPSA) is 161 Å². The van der Waals surface area contributed by atoms with E-state index in [1.165, 1.54) is 18.2 Å². The molecule has 4 unspecified atom stereocenters. The number of aliphatic carboxylic acids is 1. The Morgan fingerprint density at radius 3 is 1.76 bits per heavy atom. The fraction of sp³-hybridized carbons (Fsp3) is 0.667. The Morgan fingerprint density at radius 2 is 1.32 bits per heavy atom. The van der Waals surface area contributed by atoms with E-state index in [1.807, 2.05) is 48.5 Å². The number of rotatable bonds is 13. The molecule has 3 N–H and O–H groups in total. The number of ether oxygens (including phenoxy) is 5. The van der Waals surface area contributed by atoms with Crippen molar-refractivity contribution in [3.8, 4) is 11.5 Å². The maximum absolute atomic E-state index is 12.6. The Balaban J connectivity index is 3.40. The first-order valence-corrected chi connectivity index (χ1v) is 13.9. The van der Waals surface area contributed by atoms with Gasteiger partial charge < -0.3 is 34.5 Å². The fourth-order valence-corrected chi connectivity index (χ4v) is 3.55. The van der Waals surface area contributed by atoms with E-state index in [1.54, 1.807) is 20.8 Å². The lowest BCUT2D eigenvalue weighted by molar-refractivity contribution is -0.147. The smallest absolute Gasteiger partial charge is 0.480 e. The van der Waals surface area contributed by atoms with Crippen LogP contribution in [0.3, 0.4) is 0 Å². The summed E-state index contributed by atoms with van der Waals surface area (Å²) in [7, 11) is 0. The Morgan fingerprint density at radius 1 is 0.829 bits per heavy atom. The second kappa shape index (κ2) is 15.6.